The van der Waals surface area contributed by atoms with Crippen molar-refractivity contribution in [2.24, 2.45) is 0 Å². The molecule has 1 amide bonds. The Morgan fingerprint density at radius 1 is 1.60 bits per heavy atom. The van der Waals surface area contributed by atoms with Crippen molar-refractivity contribution in [2.75, 3.05) is 25.0 Å². The summed E-state index contributed by atoms with van der Waals surface area (Å²) in [7, 11) is 0. The lowest BCUT2D eigenvalue weighted by Gasteiger charge is -2.41. The molecule has 1 N–H and O–H groups in total. The summed E-state index contributed by atoms with van der Waals surface area (Å²) in [6.45, 7) is 10.0. The van der Waals surface area contributed by atoms with E-state index in [0.717, 1.165) is 12.4 Å². The van der Waals surface area contributed by atoms with Crippen molar-refractivity contribution in [3.8, 4) is 0 Å². The minimum Gasteiger partial charge on any atom is -0.370 e. The Hall–Kier alpha value is -1.62. The Bertz CT molecular complexity index is 488. The lowest BCUT2D eigenvalue weighted by Crippen LogP contribution is -2.53. The molecule has 0 aromatic carbocycles. The smallest absolute Gasteiger partial charge is 0.254 e. The van der Waals surface area contributed by atoms with Crippen molar-refractivity contribution in [1.82, 2.24) is 9.88 Å². The number of carbonyl (C=O) groups excluding carboxylic acids is 1. The van der Waals surface area contributed by atoms with Gasteiger partial charge in [0.2, 0.25) is 0 Å². The number of nitrogens with zero attached hydrogens (tertiary/aromatic N) is 2. The van der Waals surface area contributed by atoms with E-state index in [1.54, 1.807) is 18.3 Å². The molecule has 1 aromatic heterocycles. The van der Waals surface area contributed by atoms with E-state index >= 15 is 0 Å². The lowest BCUT2D eigenvalue weighted by molar-refractivity contribution is -0.118. The molecule has 0 aliphatic carbocycles. The fourth-order valence-electron chi connectivity index (χ4n) is 2.63. The average molecular weight is 277 g/mol. The van der Waals surface area contributed by atoms with Gasteiger partial charge in [0.25, 0.3) is 5.91 Å². The summed E-state index contributed by atoms with van der Waals surface area (Å²) in [5, 5.41) is 3.12. The van der Waals surface area contributed by atoms with Gasteiger partial charge < -0.3 is 15.0 Å². The van der Waals surface area contributed by atoms with Crippen LogP contribution in [0.5, 0.6) is 0 Å². The SMILES string of the molecule is CCNc1cc(C(=O)N2CC(C)OC(C)(C)C2)ccn1. The topological polar surface area (TPSA) is 54.5 Å². The van der Waals surface area contributed by atoms with Crippen molar-refractivity contribution in [1.29, 1.82) is 0 Å². The van der Waals surface area contributed by atoms with E-state index < -0.39 is 0 Å². The number of amides is 1. The highest BCUT2D eigenvalue weighted by molar-refractivity contribution is 5.95. The predicted octanol–water partition coefficient (Wildman–Crippen LogP) is 2.15. The lowest BCUT2D eigenvalue weighted by atomic mass is 10.0. The first-order chi connectivity index (χ1) is 9.41. The van der Waals surface area contributed by atoms with E-state index in [4.69, 9.17) is 4.74 Å². The quantitative estimate of drug-likeness (QED) is 0.920. The highest BCUT2D eigenvalue weighted by Gasteiger charge is 2.34. The Kier molecular flexibility index (Phi) is 4.28. The summed E-state index contributed by atoms with van der Waals surface area (Å²) >= 11 is 0. The molecule has 1 atom stereocenters. The van der Waals surface area contributed by atoms with Crippen LogP contribution in [0.3, 0.4) is 0 Å². The number of rotatable bonds is 3. The number of aromatic nitrogens is 1. The minimum atomic E-state index is -0.301. The summed E-state index contributed by atoms with van der Waals surface area (Å²) in [5.74, 6) is 0.772. The van der Waals surface area contributed by atoms with Crippen LogP contribution in [0.1, 0.15) is 38.1 Å². The third-order valence-electron chi connectivity index (χ3n) is 3.22. The fourth-order valence-corrected chi connectivity index (χ4v) is 2.63. The molecular formula is C15H23N3O2. The number of morpholine rings is 1. The van der Waals surface area contributed by atoms with E-state index in [1.165, 1.54) is 0 Å². The zero-order chi connectivity index (χ0) is 14.8. The molecule has 5 heteroatoms. The number of pyridine rings is 1. The molecule has 110 valence electrons. The number of anilines is 1. The zero-order valence-electron chi connectivity index (χ0n) is 12.6. The Morgan fingerprint density at radius 3 is 3.00 bits per heavy atom. The van der Waals surface area contributed by atoms with Gasteiger partial charge in [-0.05, 0) is 39.8 Å². The number of ether oxygens (including phenoxy) is 1. The van der Waals surface area contributed by atoms with Crippen molar-refractivity contribution < 1.29 is 9.53 Å². The van der Waals surface area contributed by atoms with Crippen LogP contribution in [0.25, 0.3) is 0 Å². The van der Waals surface area contributed by atoms with Gasteiger partial charge in [0, 0.05) is 31.4 Å². The van der Waals surface area contributed by atoms with Gasteiger partial charge in [-0.1, -0.05) is 0 Å². The second kappa shape index (κ2) is 5.79. The normalized spacial score (nSPS) is 21.6. The minimum absolute atomic E-state index is 0.0368. The van der Waals surface area contributed by atoms with E-state index in [1.807, 2.05) is 32.6 Å². The average Bonchev–Trinajstić information content (AvgIpc) is 2.36. The summed E-state index contributed by atoms with van der Waals surface area (Å²) in [5.41, 5.74) is 0.367. The molecule has 2 rings (SSSR count). The van der Waals surface area contributed by atoms with Gasteiger partial charge in [0.1, 0.15) is 5.82 Å². The second-order valence-electron chi connectivity index (χ2n) is 5.83. The van der Waals surface area contributed by atoms with Crippen LogP contribution in [0, 0.1) is 0 Å². The Balaban J connectivity index is 2.16. The van der Waals surface area contributed by atoms with E-state index in [2.05, 4.69) is 10.3 Å². The van der Waals surface area contributed by atoms with Crippen LogP contribution in [-0.4, -0.2) is 47.1 Å². The van der Waals surface area contributed by atoms with Gasteiger partial charge >= 0.3 is 0 Å². The van der Waals surface area contributed by atoms with Crippen LogP contribution in [-0.2, 0) is 4.74 Å². The van der Waals surface area contributed by atoms with Crippen molar-refractivity contribution in [2.45, 2.75) is 39.4 Å². The largest absolute Gasteiger partial charge is 0.370 e. The third-order valence-corrected chi connectivity index (χ3v) is 3.22. The van der Waals surface area contributed by atoms with Gasteiger partial charge in [-0.15, -0.1) is 0 Å². The molecular weight excluding hydrogens is 254 g/mol. The molecule has 5 nitrogen and oxygen atoms in total. The molecule has 1 fully saturated rings. The maximum absolute atomic E-state index is 12.6. The Morgan fingerprint density at radius 2 is 2.35 bits per heavy atom. The van der Waals surface area contributed by atoms with Gasteiger partial charge in [-0.2, -0.15) is 0 Å². The molecule has 1 saturated heterocycles. The molecule has 20 heavy (non-hydrogen) atoms. The first-order valence-corrected chi connectivity index (χ1v) is 7.08. The van der Waals surface area contributed by atoms with Crippen molar-refractivity contribution >= 4 is 11.7 Å². The maximum Gasteiger partial charge on any atom is 0.254 e. The molecule has 2 heterocycles. The third kappa shape index (κ3) is 3.48. The molecule has 0 radical (unpaired) electrons. The number of hydrogen-bond donors (Lipinski definition) is 1. The summed E-state index contributed by atoms with van der Waals surface area (Å²) in [6.07, 6.45) is 1.72. The molecule has 0 spiro atoms. The highest BCUT2D eigenvalue weighted by Crippen LogP contribution is 2.22. The van der Waals surface area contributed by atoms with Crippen molar-refractivity contribution in [3.63, 3.8) is 0 Å². The number of hydrogen-bond acceptors (Lipinski definition) is 4. The molecule has 1 unspecified atom stereocenters. The van der Waals surface area contributed by atoms with Crippen LogP contribution in [0.2, 0.25) is 0 Å². The van der Waals surface area contributed by atoms with Crippen LogP contribution in [0.4, 0.5) is 5.82 Å². The maximum atomic E-state index is 12.6. The van der Waals surface area contributed by atoms with Crippen LogP contribution < -0.4 is 5.32 Å². The van der Waals surface area contributed by atoms with E-state index in [0.29, 0.717) is 18.7 Å². The van der Waals surface area contributed by atoms with Gasteiger partial charge in [0.05, 0.1) is 11.7 Å². The monoisotopic (exact) mass is 277 g/mol. The van der Waals surface area contributed by atoms with Gasteiger partial charge in [-0.3, -0.25) is 4.79 Å². The predicted molar refractivity (Wildman–Crippen MR) is 78.9 cm³/mol. The summed E-state index contributed by atoms with van der Waals surface area (Å²) in [4.78, 5) is 18.7. The number of carbonyl (C=O) groups is 1. The Labute approximate surface area is 120 Å². The summed E-state index contributed by atoms with van der Waals surface area (Å²) in [6, 6.07) is 3.56. The molecule has 1 aliphatic heterocycles. The van der Waals surface area contributed by atoms with E-state index in [9.17, 15) is 4.79 Å². The van der Waals surface area contributed by atoms with Crippen LogP contribution in [0.15, 0.2) is 18.3 Å². The molecule has 0 bridgehead atoms. The van der Waals surface area contributed by atoms with E-state index in [-0.39, 0.29) is 17.6 Å². The number of nitrogens with one attached hydrogen (secondary N) is 1. The molecule has 1 aliphatic rings. The summed E-state index contributed by atoms with van der Waals surface area (Å²) < 4.78 is 5.83. The first kappa shape index (κ1) is 14.8. The molecule has 1 aromatic rings. The molecule has 0 saturated carbocycles. The highest BCUT2D eigenvalue weighted by atomic mass is 16.5. The fraction of sp³-hybridized carbons (Fsp3) is 0.600. The first-order valence-electron chi connectivity index (χ1n) is 7.08. The van der Waals surface area contributed by atoms with Gasteiger partial charge in [0.15, 0.2) is 0 Å². The van der Waals surface area contributed by atoms with Crippen molar-refractivity contribution in [3.05, 3.63) is 23.9 Å². The zero-order valence-corrected chi connectivity index (χ0v) is 12.6. The standard InChI is InChI=1S/C15H23N3O2/c1-5-16-13-8-12(6-7-17-13)14(19)18-9-11(2)20-15(3,4)10-18/h6-8,11H,5,9-10H2,1-4H3,(H,16,17). The van der Waals surface area contributed by atoms with Crippen LogP contribution >= 0.6 is 0 Å². The van der Waals surface area contributed by atoms with Gasteiger partial charge in [-0.25, -0.2) is 4.98 Å². The second-order valence-corrected chi connectivity index (χ2v) is 5.83.